The van der Waals surface area contributed by atoms with Crippen molar-refractivity contribution in [2.45, 2.75) is 31.9 Å². The average molecular weight is 398 g/mol. The molecule has 0 aliphatic carbocycles. The van der Waals surface area contributed by atoms with Crippen LogP contribution in [0.3, 0.4) is 0 Å². The molecule has 0 radical (unpaired) electrons. The van der Waals surface area contributed by atoms with E-state index < -0.39 is 37.1 Å². The molecule has 3 aromatic carbocycles. The maximum atomic E-state index is 12.9. The van der Waals surface area contributed by atoms with Crippen LogP contribution in [0.25, 0.3) is 10.8 Å². The van der Waals surface area contributed by atoms with E-state index in [0.29, 0.717) is 0 Å². The summed E-state index contributed by atoms with van der Waals surface area (Å²) in [4.78, 5) is 0. The van der Waals surface area contributed by atoms with Crippen LogP contribution in [0.2, 0.25) is 0 Å². The van der Waals surface area contributed by atoms with E-state index in [1.165, 1.54) is 12.1 Å². The molecule has 144 valence electrons. The van der Waals surface area contributed by atoms with Crippen molar-refractivity contribution in [1.82, 2.24) is 5.32 Å². The molecule has 0 unspecified atom stereocenters. The second-order valence-corrected chi connectivity index (χ2v) is 6.11. The molecule has 0 heterocycles. The van der Waals surface area contributed by atoms with Gasteiger partial charge in [-0.1, -0.05) is 60.7 Å². The zero-order valence-corrected chi connectivity index (χ0v) is 15.5. The maximum absolute atomic E-state index is 12.9. The van der Waals surface area contributed by atoms with E-state index in [1.807, 2.05) is 42.5 Å². The number of halogens is 4. The zero-order valence-electron chi connectivity index (χ0n) is 18.7. The molecule has 0 amide bonds. The number of hydrogen-bond donors (Lipinski definition) is 1. The molecule has 0 aliphatic heterocycles. The van der Waals surface area contributed by atoms with Crippen molar-refractivity contribution in [2.75, 3.05) is 6.50 Å². The molecule has 0 fully saturated rings. The summed E-state index contributed by atoms with van der Waals surface area (Å²) in [5.41, 5.74) is 0.0126. The van der Waals surface area contributed by atoms with Crippen molar-refractivity contribution in [3.8, 4) is 0 Å². The molecule has 5 heteroatoms. The minimum Gasteiger partial charge on any atom is -0.310 e. The van der Waals surface area contributed by atoms with Crippen molar-refractivity contribution < 1.29 is 18.7 Å². The minimum atomic E-state index is -4.54. The Hall–Kier alpha value is -2.04. The van der Waals surface area contributed by atoms with Crippen LogP contribution in [0, 0.1) is 0 Å². The van der Waals surface area contributed by atoms with Crippen LogP contribution in [0.1, 0.15) is 41.5 Å². The normalized spacial score (nSPS) is 15.9. The summed E-state index contributed by atoms with van der Waals surface area (Å²) in [6.45, 7) is -0.752. The molecular weight excluding hydrogens is 371 g/mol. The Bertz CT molecular complexity index is 1040. The van der Waals surface area contributed by atoms with Gasteiger partial charge in [0.2, 0.25) is 0 Å². The Morgan fingerprint density at radius 3 is 2.48 bits per heavy atom. The zero-order chi connectivity index (χ0) is 22.2. The van der Waals surface area contributed by atoms with Crippen molar-refractivity contribution in [3.05, 3.63) is 83.4 Å². The second kappa shape index (κ2) is 9.25. The topological polar surface area (TPSA) is 12.0 Å². The third-order valence-electron chi connectivity index (χ3n) is 4.21. The van der Waals surface area contributed by atoms with Crippen LogP contribution >= 0.6 is 12.4 Å². The molecule has 0 aromatic heterocycles. The highest BCUT2D eigenvalue weighted by atomic mass is 35.5. The van der Waals surface area contributed by atoms with E-state index in [-0.39, 0.29) is 18.0 Å². The fraction of sp³-hybridized carbons (Fsp3) is 0.273. The standard InChI is InChI=1S/C22H22F3N.ClH/c1-16(20-13-5-10-18-9-2-3-12-21(18)20)26-14-6-8-17-7-4-11-19(15-17)22(23,24)25;/h2-5,7,9-13,15-16,26H,6,8,14H2,1H3;1H/t16-;/m1./s1/i6D2,14D2;. The highest BCUT2D eigenvalue weighted by Gasteiger charge is 2.30. The predicted molar refractivity (Wildman–Crippen MR) is 107 cm³/mol. The van der Waals surface area contributed by atoms with Gasteiger partial charge in [0.25, 0.3) is 0 Å². The SMILES string of the molecule is Cl.[2H]C([2H])(Cc1cccc(C(F)(F)F)c1)C([2H])([2H])N[C@H](C)c1cccc2ccccc12. The highest BCUT2D eigenvalue weighted by Crippen LogP contribution is 2.29. The molecule has 0 aliphatic rings. The Morgan fingerprint density at radius 1 is 1.00 bits per heavy atom. The van der Waals surface area contributed by atoms with Crippen LogP contribution in [-0.4, -0.2) is 6.50 Å². The fourth-order valence-corrected chi connectivity index (χ4v) is 2.87. The average Bonchev–Trinajstić information content (AvgIpc) is 2.66. The van der Waals surface area contributed by atoms with Gasteiger partial charge in [-0.25, -0.2) is 0 Å². The van der Waals surface area contributed by atoms with Crippen LogP contribution < -0.4 is 5.32 Å². The van der Waals surface area contributed by atoms with Crippen molar-refractivity contribution >= 4 is 23.2 Å². The van der Waals surface area contributed by atoms with Crippen LogP contribution in [0.15, 0.2) is 66.7 Å². The lowest BCUT2D eigenvalue weighted by Crippen LogP contribution is -2.20. The first-order chi connectivity index (χ1) is 13.9. The van der Waals surface area contributed by atoms with Gasteiger partial charge >= 0.3 is 6.18 Å². The summed E-state index contributed by atoms with van der Waals surface area (Å²) in [7, 11) is 0. The number of benzene rings is 3. The smallest absolute Gasteiger partial charge is 0.310 e. The lowest BCUT2D eigenvalue weighted by molar-refractivity contribution is -0.137. The summed E-state index contributed by atoms with van der Waals surface area (Å²) in [5, 5.41) is 4.61. The largest absolute Gasteiger partial charge is 0.416 e. The maximum Gasteiger partial charge on any atom is 0.416 e. The van der Waals surface area contributed by atoms with E-state index in [2.05, 4.69) is 5.32 Å². The van der Waals surface area contributed by atoms with E-state index in [9.17, 15) is 13.2 Å². The number of nitrogens with one attached hydrogen (secondary N) is 1. The van der Waals surface area contributed by atoms with Gasteiger partial charge in [0.1, 0.15) is 0 Å². The molecule has 3 rings (SSSR count). The highest BCUT2D eigenvalue weighted by molar-refractivity contribution is 5.86. The Labute approximate surface area is 169 Å². The minimum absolute atomic E-state index is 0. The van der Waals surface area contributed by atoms with Crippen LogP contribution in [-0.2, 0) is 12.6 Å². The molecule has 0 bridgehead atoms. The number of fused-ring (bicyclic) bond motifs is 1. The lowest BCUT2D eigenvalue weighted by Gasteiger charge is -2.17. The third-order valence-corrected chi connectivity index (χ3v) is 4.21. The van der Waals surface area contributed by atoms with Crippen molar-refractivity contribution in [1.29, 1.82) is 0 Å². The van der Waals surface area contributed by atoms with Gasteiger partial charge in [0.05, 0.1) is 5.56 Å². The molecule has 0 saturated carbocycles. The van der Waals surface area contributed by atoms with E-state index in [1.54, 1.807) is 6.92 Å². The van der Waals surface area contributed by atoms with Crippen molar-refractivity contribution in [2.24, 2.45) is 0 Å². The number of aryl methyl sites for hydroxylation is 1. The number of rotatable bonds is 6. The summed E-state index contributed by atoms with van der Waals surface area (Å²) >= 11 is 0. The first-order valence-electron chi connectivity index (χ1n) is 10.3. The molecule has 0 saturated heterocycles. The summed E-state index contributed by atoms with van der Waals surface area (Å²) in [6, 6.07) is 17.1. The van der Waals surface area contributed by atoms with Gasteiger partial charge in [-0.3, -0.25) is 0 Å². The van der Waals surface area contributed by atoms with Crippen molar-refractivity contribution in [3.63, 3.8) is 0 Å². The summed E-state index contributed by atoms with van der Waals surface area (Å²) < 4.78 is 71.9. The third kappa shape index (κ3) is 5.47. The number of hydrogen-bond acceptors (Lipinski definition) is 1. The lowest BCUT2D eigenvalue weighted by atomic mass is 9.99. The van der Waals surface area contributed by atoms with Gasteiger partial charge in [0.15, 0.2) is 0 Å². The Kier molecular flexibility index (Phi) is 5.47. The number of alkyl halides is 3. The van der Waals surface area contributed by atoms with Gasteiger partial charge < -0.3 is 5.32 Å². The molecule has 27 heavy (non-hydrogen) atoms. The van der Waals surface area contributed by atoms with Gasteiger partial charge in [-0.15, -0.1) is 12.4 Å². The van der Waals surface area contributed by atoms with E-state index >= 15 is 0 Å². The second-order valence-electron chi connectivity index (χ2n) is 6.11. The van der Waals surface area contributed by atoms with Gasteiger partial charge in [-0.05, 0) is 54.2 Å². The first kappa shape index (κ1) is 16.0. The van der Waals surface area contributed by atoms with Gasteiger partial charge in [-0.2, -0.15) is 13.2 Å². The van der Waals surface area contributed by atoms with Crippen LogP contribution in [0.4, 0.5) is 13.2 Å². The molecule has 1 atom stereocenters. The first-order valence-corrected chi connectivity index (χ1v) is 8.32. The molecule has 1 N–H and O–H groups in total. The predicted octanol–water partition coefficient (Wildman–Crippen LogP) is 6.56. The summed E-state index contributed by atoms with van der Waals surface area (Å²) in [5.74, 6) is 0. The van der Waals surface area contributed by atoms with E-state index in [4.69, 9.17) is 5.48 Å². The van der Waals surface area contributed by atoms with Gasteiger partial charge in [0, 0.05) is 11.5 Å². The molecular formula is C22H23ClF3N. The Balaban J connectivity index is 0.00000341. The molecule has 0 spiro atoms. The molecule has 3 aromatic rings. The fourth-order valence-electron chi connectivity index (χ4n) is 2.87. The monoisotopic (exact) mass is 397 g/mol. The van der Waals surface area contributed by atoms with Crippen LogP contribution in [0.5, 0.6) is 0 Å². The summed E-state index contributed by atoms with van der Waals surface area (Å²) in [6.07, 6.45) is -7.49. The molecule has 1 nitrogen and oxygen atoms in total. The Morgan fingerprint density at radius 2 is 1.70 bits per heavy atom. The quantitative estimate of drug-likeness (QED) is 0.496. The van der Waals surface area contributed by atoms with E-state index in [0.717, 1.165) is 28.5 Å².